The van der Waals surface area contributed by atoms with E-state index in [1.807, 2.05) is 25.1 Å². The number of hydrogen-bond donors (Lipinski definition) is 1. The molecule has 1 aromatic carbocycles. The molecule has 0 aliphatic carbocycles. The molecule has 2 heterocycles. The van der Waals surface area contributed by atoms with Gasteiger partial charge < -0.3 is 10.2 Å². The van der Waals surface area contributed by atoms with E-state index in [1.54, 1.807) is 4.90 Å². The molecule has 1 atom stereocenters. The number of para-hydroxylation sites is 1. The average Bonchev–Trinajstić information content (AvgIpc) is 3.03. The molecule has 0 saturated carbocycles. The maximum atomic E-state index is 12.4. The standard InChI is InChI=1S/C17H21N3O2S/c1-10(2)8-20-9-12(7-14(20)21)16(22)19-17-18-15-11(3)5-4-6-13(15)23-17/h4-6,10,12H,7-9H2,1-3H3,(H,18,19,22). The molecule has 1 unspecified atom stereocenters. The van der Waals surface area contributed by atoms with Crippen molar-refractivity contribution in [3.8, 4) is 0 Å². The SMILES string of the molecule is Cc1cccc2sc(NC(=O)C3CC(=O)N(CC(C)C)C3)nc12. The molecule has 23 heavy (non-hydrogen) atoms. The zero-order valence-electron chi connectivity index (χ0n) is 13.6. The predicted octanol–water partition coefficient (Wildman–Crippen LogP) is 3.05. The van der Waals surface area contributed by atoms with Gasteiger partial charge in [-0.25, -0.2) is 4.98 Å². The summed E-state index contributed by atoms with van der Waals surface area (Å²) in [7, 11) is 0. The highest BCUT2D eigenvalue weighted by atomic mass is 32.1. The van der Waals surface area contributed by atoms with Gasteiger partial charge in [-0.15, -0.1) is 0 Å². The Morgan fingerprint density at radius 2 is 2.26 bits per heavy atom. The fourth-order valence-corrected chi connectivity index (χ4v) is 3.86. The van der Waals surface area contributed by atoms with Gasteiger partial charge in [0.15, 0.2) is 5.13 Å². The van der Waals surface area contributed by atoms with Crippen molar-refractivity contribution in [3.05, 3.63) is 23.8 Å². The van der Waals surface area contributed by atoms with Gasteiger partial charge in [0, 0.05) is 19.5 Å². The fraction of sp³-hybridized carbons (Fsp3) is 0.471. The number of hydrogen-bond acceptors (Lipinski definition) is 4. The number of likely N-dealkylation sites (tertiary alicyclic amines) is 1. The summed E-state index contributed by atoms with van der Waals surface area (Å²) in [6, 6.07) is 5.99. The lowest BCUT2D eigenvalue weighted by molar-refractivity contribution is -0.128. The van der Waals surface area contributed by atoms with Crippen molar-refractivity contribution in [2.75, 3.05) is 18.4 Å². The fourth-order valence-electron chi connectivity index (χ4n) is 2.91. The molecule has 3 rings (SSSR count). The van der Waals surface area contributed by atoms with Crippen LogP contribution in [-0.4, -0.2) is 34.8 Å². The Morgan fingerprint density at radius 3 is 2.96 bits per heavy atom. The molecule has 1 aliphatic heterocycles. The molecule has 5 nitrogen and oxygen atoms in total. The van der Waals surface area contributed by atoms with Crippen LogP contribution in [-0.2, 0) is 9.59 Å². The zero-order valence-corrected chi connectivity index (χ0v) is 14.4. The van der Waals surface area contributed by atoms with Crippen molar-refractivity contribution in [1.82, 2.24) is 9.88 Å². The maximum Gasteiger partial charge on any atom is 0.231 e. The smallest absolute Gasteiger partial charge is 0.231 e. The first-order chi connectivity index (χ1) is 10.9. The first-order valence-electron chi connectivity index (χ1n) is 7.89. The molecule has 0 radical (unpaired) electrons. The van der Waals surface area contributed by atoms with Crippen LogP contribution in [0.25, 0.3) is 10.2 Å². The largest absolute Gasteiger partial charge is 0.342 e. The highest BCUT2D eigenvalue weighted by Crippen LogP contribution is 2.29. The van der Waals surface area contributed by atoms with Crippen molar-refractivity contribution >= 4 is 38.5 Å². The van der Waals surface area contributed by atoms with Crippen LogP contribution in [0.2, 0.25) is 0 Å². The van der Waals surface area contributed by atoms with E-state index < -0.39 is 0 Å². The van der Waals surface area contributed by atoms with E-state index in [4.69, 9.17) is 0 Å². The number of nitrogens with zero attached hydrogens (tertiary/aromatic N) is 2. The topological polar surface area (TPSA) is 62.3 Å². The van der Waals surface area contributed by atoms with Gasteiger partial charge in [0.25, 0.3) is 0 Å². The molecule has 0 spiro atoms. The summed E-state index contributed by atoms with van der Waals surface area (Å²) in [6.07, 6.45) is 0.294. The molecular weight excluding hydrogens is 310 g/mol. The zero-order chi connectivity index (χ0) is 16.6. The second-order valence-electron chi connectivity index (χ2n) is 6.52. The monoisotopic (exact) mass is 331 g/mol. The minimum atomic E-state index is -0.283. The average molecular weight is 331 g/mol. The van der Waals surface area contributed by atoms with Gasteiger partial charge in [0.1, 0.15) is 0 Å². The summed E-state index contributed by atoms with van der Waals surface area (Å²) < 4.78 is 1.06. The van der Waals surface area contributed by atoms with Crippen molar-refractivity contribution in [1.29, 1.82) is 0 Å². The highest BCUT2D eigenvalue weighted by Gasteiger charge is 2.34. The Labute approximate surface area is 139 Å². The Kier molecular flexibility index (Phi) is 4.35. The van der Waals surface area contributed by atoms with E-state index in [0.717, 1.165) is 15.8 Å². The van der Waals surface area contributed by atoms with Crippen LogP contribution in [0.1, 0.15) is 25.8 Å². The molecule has 2 aromatic rings. The number of fused-ring (bicyclic) bond motifs is 1. The maximum absolute atomic E-state index is 12.4. The lowest BCUT2D eigenvalue weighted by Crippen LogP contribution is -2.31. The van der Waals surface area contributed by atoms with E-state index in [-0.39, 0.29) is 17.7 Å². The Balaban J connectivity index is 1.69. The molecule has 1 aliphatic rings. The molecular formula is C17H21N3O2S. The van der Waals surface area contributed by atoms with Gasteiger partial charge in [-0.05, 0) is 24.5 Å². The molecule has 6 heteroatoms. The minimum absolute atomic E-state index is 0.0685. The van der Waals surface area contributed by atoms with E-state index in [9.17, 15) is 9.59 Å². The third kappa shape index (κ3) is 3.37. The third-order valence-electron chi connectivity index (χ3n) is 4.02. The van der Waals surface area contributed by atoms with E-state index in [0.29, 0.717) is 30.6 Å². The second-order valence-corrected chi connectivity index (χ2v) is 7.55. The number of carbonyl (C=O) groups is 2. The van der Waals surface area contributed by atoms with Gasteiger partial charge in [-0.2, -0.15) is 0 Å². The van der Waals surface area contributed by atoms with Crippen LogP contribution in [0.4, 0.5) is 5.13 Å². The summed E-state index contributed by atoms with van der Waals surface area (Å²) in [4.78, 5) is 30.7. The minimum Gasteiger partial charge on any atom is -0.342 e. The number of thiazole rings is 1. The van der Waals surface area contributed by atoms with Crippen molar-refractivity contribution in [3.63, 3.8) is 0 Å². The number of rotatable bonds is 4. The highest BCUT2D eigenvalue weighted by molar-refractivity contribution is 7.22. The molecule has 1 saturated heterocycles. The normalized spacial score (nSPS) is 18.2. The van der Waals surface area contributed by atoms with Crippen LogP contribution in [0.3, 0.4) is 0 Å². The van der Waals surface area contributed by atoms with Crippen LogP contribution >= 0.6 is 11.3 Å². The number of amides is 2. The first kappa shape index (κ1) is 15.9. The number of carbonyl (C=O) groups excluding carboxylic acids is 2. The summed E-state index contributed by atoms with van der Waals surface area (Å²) in [5.41, 5.74) is 2.02. The summed E-state index contributed by atoms with van der Waals surface area (Å²) in [5.74, 6) is 0.0858. The van der Waals surface area contributed by atoms with Crippen molar-refractivity contribution < 1.29 is 9.59 Å². The summed E-state index contributed by atoms with van der Waals surface area (Å²) >= 11 is 1.47. The Morgan fingerprint density at radius 1 is 1.48 bits per heavy atom. The van der Waals surface area contributed by atoms with Crippen molar-refractivity contribution in [2.45, 2.75) is 27.2 Å². The lowest BCUT2D eigenvalue weighted by Gasteiger charge is -2.18. The molecule has 1 fully saturated rings. The number of aromatic nitrogens is 1. The Hall–Kier alpha value is -1.95. The second kappa shape index (κ2) is 6.28. The number of aryl methyl sites for hydroxylation is 1. The van der Waals surface area contributed by atoms with Gasteiger partial charge in [-0.3, -0.25) is 9.59 Å². The quantitative estimate of drug-likeness (QED) is 0.936. The van der Waals surface area contributed by atoms with Crippen LogP contribution < -0.4 is 5.32 Å². The molecule has 2 amide bonds. The lowest BCUT2D eigenvalue weighted by atomic mass is 10.1. The number of benzene rings is 1. The molecule has 0 bridgehead atoms. The van der Waals surface area contributed by atoms with Gasteiger partial charge in [0.05, 0.1) is 16.1 Å². The Bertz CT molecular complexity index is 753. The van der Waals surface area contributed by atoms with Crippen LogP contribution in [0.5, 0.6) is 0 Å². The van der Waals surface area contributed by atoms with Gasteiger partial charge in [0.2, 0.25) is 11.8 Å². The predicted molar refractivity (Wildman–Crippen MR) is 92.5 cm³/mol. The van der Waals surface area contributed by atoms with E-state index in [1.165, 1.54) is 11.3 Å². The van der Waals surface area contributed by atoms with Crippen LogP contribution in [0.15, 0.2) is 18.2 Å². The van der Waals surface area contributed by atoms with Gasteiger partial charge in [-0.1, -0.05) is 37.3 Å². The number of nitrogens with one attached hydrogen (secondary N) is 1. The van der Waals surface area contributed by atoms with Crippen molar-refractivity contribution in [2.24, 2.45) is 11.8 Å². The van der Waals surface area contributed by atoms with Gasteiger partial charge >= 0.3 is 0 Å². The van der Waals surface area contributed by atoms with Crippen LogP contribution in [0, 0.1) is 18.8 Å². The molecule has 1 aromatic heterocycles. The number of anilines is 1. The first-order valence-corrected chi connectivity index (χ1v) is 8.70. The molecule has 1 N–H and O–H groups in total. The molecule has 122 valence electrons. The third-order valence-corrected chi connectivity index (χ3v) is 4.96. The summed E-state index contributed by atoms with van der Waals surface area (Å²) in [5, 5.41) is 3.49. The summed E-state index contributed by atoms with van der Waals surface area (Å²) in [6.45, 7) is 7.37. The van der Waals surface area contributed by atoms with E-state index in [2.05, 4.69) is 24.1 Å². The van der Waals surface area contributed by atoms with E-state index >= 15 is 0 Å².